The monoisotopic (exact) mass is 270 g/mol. The van der Waals surface area contributed by atoms with Crippen LogP contribution in [0.5, 0.6) is 5.75 Å². The maximum Gasteiger partial charge on any atom is 0.393 e. The first-order chi connectivity index (χ1) is 9.72. The molecular formula is C14H10N2O4. The number of hydrogen-bond donors (Lipinski definition) is 1. The van der Waals surface area contributed by atoms with Crippen molar-refractivity contribution < 1.29 is 19.1 Å². The number of aromatic carboxylic acids is 1. The van der Waals surface area contributed by atoms with Gasteiger partial charge < -0.3 is 14.3 Å². The summed E-state index contributed by atoms with van der Waals surface area (Å²) in [5.74, 6) is -0.925. The largest absolute Gasteiger partial charge is 0.484 e. The van der Waals surface area contributed by atoms with Crippen LogP contribution in [-0.2, 0) is 6.61 Å². The first kappa shape index (κ1) is 12.2. The minimum atomic E-state index is -1.26. The van der Waals surface area contributed by atoms with Crippen LogP contribution in [0.15, 0.2) is 46.9 Å². The molecule has 0 aliphatic heterocycles. The first-order valence-electron chi connectivity index (χ1n) is 5.89. The van der Waals surface area contributed by atoms with E-state index >= 15 is 0 Å². The van der Waals surface area contributed by atoms with Crippen molar-refractivity contribution >= 4 is 16.7 Å². The fourth-order valence-electron chi connectivity index (χ4n) is 1.80. The normalized spacial score (nSPS) is 10.6. The average Bonchev–Trinajstić information content (AvgIpc) is 2.94. The van der Waals surface area contributed by atoms with Gasteiger partial charge in [0, 0.05) is 0 Å². The third kappa shape index (κ3) is 2.44. The molecule has 2 aromatic carbocycles. The van der Waals surface area contributed by atoms with Gasteiger partial charge in [0.25, 0.3) is 5.89 Å². The topological polar surface area (TPSA) is 85.5 Å². The summed E-state index contributed by atoms with van der Waals surface area (Å²) in [4.78, 5) is 10.6. The molecule has 20 heavy (non-hydrogen) atoms. The highest BCUT2D eigenvalue weighted by molar-refractivity contribution is 5.83. The number of nitrogens with zero attached hydrogens (tertiary/aromatic N) is 2. The lowest BCUT2D eigenvalue weighted by Crippen LogP contribution is -1.96. The van der Waals surface area contributed by atoms with Crippen molar-refractivity contribution in [2.45, 2.75) is 6.61 Å². The van der Waals surface area contributed by atoms with Crippen molar-refractivity contribution in [2.24, 2.45) is 0 Å². The second kappa shape index (κ2) is 5.00. The van der Waals surface area contributed by atoms with E-state index in [0.29, 0.717) is 5.75 Å². The molecule has 0 saturated heterocycles. The second-order valence-corrected chi connectivity index (χ2v) is 4.10. The molecule has 6 heteroatoms. The van der Waals surface area contributed by atoms with Crippen molar-refractivity contribution in [3.05, 3.63) is 54.2 Å². The predicted octanol–water partition coefficient (Wildman–Crippen LogP) is 2.50. The van der Waals surface area contributed by atoms with Crippen molar-refractivity contribution in [3.8, 4) is 5.75 Å². The van der Waals surface area contributed by atoms with E-state index in [2.05, 4.69) is 10.2 Å². The highest BCUT2D eigenvalue weighted by atomic mass is 16.5. The molecule has 0 atom stereocenters. The Morgan fingerprint density at radius 3 is 2.70 bits per heavy atom. The summed E-state index contributed by atoms with van der Waals surface area (Å²) in [6, 6.07) is 13.6. The molecule has 100 valence electrons. The number of aromatic nitrogens is 2. The van der Waals surface area contributed by atoms with E-state index in [1.54, 1.807) is 0 Å². The van der Waals surface area contributed by atoms with Gasteiger partial charge in [-0.2, -0.15) is 0 Å². The summed E-state index contributed by atoms with van der Waals surface area (Å²) in [5.41, 5.74) is 0. The van der Waals surface area contributed by atoms with E-state index in [-0.39, 0.29) is 12.5 Å². The van der Waals surface area contributed by atoms with Gasteiger partial charge in [0.2, 0.25) is 0 Å². The summed E-state index contributed by atoms with van der Waals surface area (Å²) in [6.07, 6.45) is 0. The maximum absolute atomic E-state index is 10.6. The molecule has 0 fully saturated rings. The van der Waals surface area contributed by atoms with E-state index in [0.717, 1.165) is 10.8 Å². The summed E-state index contributed by atoms with van der Waals surface area (Å²) < 4.78 is 10.4. The lowest BCUT2D eigenvalue weighted by atomic mass is 10.1. The Bertz CT molecular complexity index is 766. The quantitative estimate of drug-likeness (QED) is 0.783. The summed E-state index contributed by atoms with van der Waals surface area (Å²) in [6.45, 7) is 0.0264. The van der Waals surface area contributed by atoms with E-state index in [4.69, 9.17) is 14.3 Å². The summed E-state index contributed by atoms with van der Waals surface area (Å²) in [5, 5.41) is 17.8. The fraction of sp³-hybridized carbons (Fsp3) is 0.0714. The van der Waals surface area contributed by atoms with Gasteiger partial charge in [-0.05, 0) is 22.9 Å². The minimum absolute atomic E-state index is 0.0264. The highest BCUT2D eigenvalue weighted by Crippen LogP contribution is 2.21. The number of rotatable bonds is 4. The molecule has 0 radical (unpaired) electrons. The van der Waals surface area contributed by atoms with Crippen LogP contribution in [0.25, 0.3) is 10.8 Å². The van der Waals surface area contributed by atoms with Crippen LogP contribution in [0.4, 0.5) is 0 Å². The Balaban J connectivity index is 1.74. The molecule has 0 bridgehead atoms. The van der Waals surface area contributed by atoms with Crippen LogP contribution >= 0.6 is 0 Å². The smallest absolute Gasteiger partial charge is 0.393 e. The van der Waals surface area contributed by atoms with Crippen LogP contribution in [-0.4, -0.2) is 21.3 Å². The summed E-state index contributed by atoms with van der Waals surface area (Å²) in [7, 11) is 0. The van der Waals surface area contributed by atoms with Gasteiger partial charge in [-0.3, -0.25) is 0 Å². The highest BCUT2D eigenvalue weighted by Gasteiger charge is 2.13. The van der Waals surface area contributed by atoms with E-state index in [9.17, 15) is 4.79 Å². The Kier molecular flexibility index (Phi) is 3.04. The van der Waals surface area contributed by atoms with Gasteiger partial charge in [-0.1, -0.05) is 30.3 Å². The molecule has 3 aromatic rings. The van der Waals surface area contributed by atoms with Crippen LogP contribution in [0, 0.1) is 0 Å². The standard InChI is InChI=1S/C14H10N2O4/c17-14(18)13-16-15-12(20-13)8-19-11-6-5-9-3-1-2-4-10(9)7-11/h1-7H,8H2,(H,17,18). The van der Waals surface area contributed by atoms with Crippen molar-refractivity contribution in [2.75, 3.05) is 0 Å². The first-order valence-corrected chi connectivity index (χ1v) is 5.89. The van der Waals surface area contributed by atoms with E-state index in [1.165, 1.54) is 0 Å². The third-order valence-corrected chi connectivity index (χ3v) is 2.73. The van der Waals surface area contributed by atoms with E-state index in [1.807, 2.05) is 42.5 Å². The number of hydrogen-bond acceptors (Lipinski definition) is 5. The molecule has 6 nitrogen and oxygen atoms in total. The van der Waals surface area contributed by atoms with E-state index < -0.39 is 11.9 Å². The van der Waals surface area contributed by atoms with Crippen molar-refractivity contribution in [1.82, 2.24) is 10.2 Å². The van der Waals surface area contributed by atoms with Gasteiger partial charge in [0.15, 0.2) is 6.61 Å². The van der Waals surface area contributed by atoms with Gasteiger partial charge in [-0.15, -0.1) is 10.2 Å². The lowest BCUT2D eigenvalue weighted by molar-refractivity contribution is 0.0649. The zero-order valence-corrected chi connectivity index (χ0v) is 10.3. The lowest BCUT2D eigenvalue weighted by Gasteiger charge is -2.04. The molecule has 0 aliphatic carbocycles. The molecule has 0 aliphatic rings. The molecule has 1 aromatic heterocycles. The van der Waals surface area contributed by atoms with Gasteiger partial charge in [0.1, 0.15) is 5.75 Å². The number of benzene rings is 2. The van der Waals surface area contributed by atoms with Crippen molar-refractivity contribution in [3.63, 3.8) is 0 Å². The Hall–Kier alpha value is -2.89. The number of carbonyl (C=O) groups is 1. The molecule has 1 heterocycles. The van der Waals surface area contributed by atoms with Gasteiger partial charge in [-0.25, -0.2) is 4.79 Å². The van der Waals surface area contributed by atoms with Crippen LogP contribution < -0.4 is 4.74 Å². The second-order valence-electron chi connectivity index (χ2n) is 4.10. The fourth-order valence-corrected chi connectivity index (χ4v) is 1.80. The zero-order chi connectivity index (χ0) is 13.9. The molecule has 0 saturated carbocycles. The number of fused-ring (bicyclic) bond motifs is 1. The molecule has 0 spiro atoms. The van der Waals surface area contributed by atoms with Crippen LogP contribution in [0.3, 0.4) is 0 Å². The Labute approximate surface area is 113 Å². The molecule has 3 rings (SSSR count). The SMILES string of the molecule is O=C(O)c1nnc(COc2ccc3ccccc3c2)o1. The molecule has 0 unspecified atom stereocenters. The van der Waals surface area contributed by atoms with Crippen molar-refractivity contribution in [1.29, 1.82) is 0 Å². The zero-order valence-electron chi connectivity index (χ0n) is 10.3. The summed E-state index contributed by atoms with van der Waals surface area (Å²) >= 11 is 0. The average molecular weight is 270 g/mol. The molecule has 1 N–H and O–H groups in total. The van der Waals surface area contributed by atoms with Crippen LogP contribution in [0.1, 0.15) is 16.6 Å². The third-order valence-electron chi connectivity index (χ3n) is 2.73. The number of carboxylic acids is 1. The number of ether oxygens (including phenoxy) is 1. The Morgan fingerprint density at radius 2 is 1.95 bits per heavy atom. The van der Waals surface area contributed by atoms with Crippen LogP contribution in [0.2, 0.25) is 0 Å². The molecule has 0 amide bonds. The predicted molar refractivity (Wildman–Crippen MR) is 69.5 cm³/mol. The van der Waals surface area contributed by atoms with Gasteiger partial charge in [0.05, 0.1) is 0 Å². The maximum atomic E-state index is 10.6. The number of carboxylic acid groups (broad SMARTS) is 1. The van der Waals surface area contributed by atoms with Gasteiger partial charge >= 0.3 is 11.9 Å². The molecular weight excluding hydrogens is 260 g/mol. The minimum Gasteiger partial charge on any atom is -0.484 e. The Morgan fingerprint density at radius 1 is 1.15 bits per heavy atom.